The van der Waals surface area contributed by atoms with E-state index in [2.05, 4.69) is 21.9 Å². The molecule has 112 valence electrons. The second-order valence-electron chi connectivity index (χ2n) is 3.78. The summed E-state index contributed by atoms with van der Waals surface area (Å²) < 4.78 is 41.8. The van der Waals surface area contributed by atoms with Gasteiger partial charge < -0.3 is 10.1 Å². The Hall–Kier alpha value is -2.49. The van der Waals surface area contributed by atoms with Crippen LogP contribution in [0.4, 0.5) is 13.2 Å². The lowest BCUT2D eigenvalue weighted by molar-refractivity contribution is -0.154. The Kier molecular flexibility index (Phi) is 5.79. The number of carbonyl (C=O) groups excluding carboxylic acids is 2. The maximum absolute atomic E-state index is 12.5. The van der Waals surface area contributed by atoms with Crippen LogP contribution in [0.15, 0.2) is 24.3 Å². The summed E-state index contributed by atoms with van der Waals surface area (Å²) in [6.45, 7) is 1.45. The first-order valence-electron chi connectivity index (χ1n) is 5.95. The lowest BCUT2D eigenvalue weighted by Crippen LogP contribution is -2.32. The molecular weight excluding hydrogens is 287 g/mol. The predicted molar refractivity (Wildman–Crippen MR) is 68.0 cm³/mol. The highest BCUT2D eigenvalue weighted by molar-refractivity contribution is 6.32. The molecule has 4 nitrogen and oxygen atoms in total. The van der Waals surface area contributed by atoms with Crippen LogP contribution in [0.5, 0.6) is 0 Å². The van der Waals surface area contributed by atoms with Crippen LogP contribution in [-0.4, -0.2) is 25.0 Å². The number of hydrogen-bond donors (Lipinski definition) is 1. The number of ether oxygens (including phenoxy) is 1. The van der Waals surface area contributed by atoms with Gasteiger partial charge in [-0.05, 0) is 25.1 Å². The number of nitrogens with one attached hydrogen (secondary N) is 1. The molecule has 0 aliphatic carbocycles. The van der Waals surface area contributed by atoms with Gasteiger partial charge in [0.15, 0.2) is 0 Å². The Labute approximate surface area is 119 Å². The van der Waals surface area contributed by atoms with E-state index in [1.165, 1.54) is 12.1 Å². The van der Waals surface area contributed by atoms with Gasteiger partial charge in [0.2, 0.25) is 0 Å². The molecule has 0 aliphatic heterocycles. The van der Waals surface area contributed by atoms with Crippen molar-refractivity contribution in [3.05, 3.63) is 35.4 Å². The molecule has 1 aromatic rings. The standard InChI is InChI=1S/C14H12F3NO3/c1-2-21-13(20)12(19)18-8-4-6-10-5-3-7-11(9-10)14(15,16)17/h3,5,7,9H,2,8H2,1H3,(H,18,19). The fourth-order valence-corrected chi connectivity index (χ4v) is 1.31. The van der Waals surface area contributed by atoms with Crippen LogP contribution in [0.2, 0.25) is 0 Å². The van der Waals surface area contributed by atoms with E-state index in [4.69, 9.17) is 0 Å². The highest BCUT2D eigenvalue weighted by Gasteiger charge is 2.30. The van der Waals surface area contributed by atoms with Gasteiger partial charge in [0.1, 0.15) is 0 Å². The fourth-order valence-electron chi connectivity index (χ4n) is 1.31. The van der Waals surface area contributed by atoms with E-state index < -0.39 is 23.6 Å². The fraction of sp³-hybridized carbons (Fsp3) is 0.286. The summed E-state index contributed by atoms with van der Waals surface area (Å²) in [5, 5.41) is 2.17. The summed E-state index contributed by atoms with van der Waals surface area (Å²) in [5.41, 5.74) is -0.639. The normalized spacial score (nSPS) is 10.3. The summed E-state index contributed by atoms with van der Waals surface area (Å²) in [4.78, 5) is 22.1. The molecule has 1 amide bonds. The summed E-state index contributed by atoms with van der Waals surface area (Å²) in [5.74, 6) is 2.94. The summed E-state index contributed by atoms with van der Waals surface area (Å²) in [7, 11) is 0. The third-order valence-electron chi connectivity index (χ3n) is 2.22. The van der Waals surface area contributed by atoms with Crippen LogP contribution in [-0.2, 0) is 20.5 Å². The van der Waals surface area contributed by atoms with Gasteiger partial charge in [0, 0.05) is 5.56 Å². The number of amides is 1. The molecule has 0 fully saturated rings. The lowest BCUT2D eigenvalue weighted by Gasteiger charge is -2.05. The number of alkyl halides is 3. The first kappa shape index (κ1) is 16.6. The molecule has 0 spiro atoms. The maximum Gasteiger partial charge on any atom is 0.416 e. The first-order valence-corrected chi connectivity index (χ1v) is 5.95. The number of rotatable bonds is 2. The van der Waals surface area contributed by atoms with Crippen LogP contribution in [0.1, 0.15) is 18.1 Å². The molecule has 0 radical (unpaired) electrons. The van der Waals surface area contributed by atoms with Crippen molar-refractivity contribution in [3.8, 4) is 11.8 Å². The minimum atomic E-state index is -4.43. The minimum Gasteiger partial charge on any atom is -0.459 e. The average molecular weight is 299 g/mol. The minimum absolute atomic E-state index is 0.0716. The van der Waals surface area contributed by atoms with Gasteiger partial charge in [-0.1, -0.05) is 17.9 Å². The summed E-state index contributed by atoms with van der Waals surface area (Å²) in [6, 6.07) is 4.49. The van der Waals surface area contributed by atoms with Crippen molar-refractivity contribution >= 4 is 11.9 Å². The quantitative estimate of drug-likeness (QED) is 0.514. The summed E-state index contributed by atoms with van der Waals surface area (Å²) in [6.07, 6.45) is -4.43. The molecule has 21 heavy (non-hydrogen) atoms. The second kappa shape index (κ2) is 7.33. The van der Waals surface area contributed by atoms with Crippen LogP contribution >= 0.6 is 0 Å². The molecule has 0 heterocycles. The third-order valence-corrected chi connectivity index (χ3v) is 2.22. The number of hydrogen-bond acceptors (Lipinski definition) is 3. The molecule has 0 unspecified atom stereocenters. The van der Waals surface area contributed by atoms with Gasteiger partial charge in [-0.3, -0.25) is 4.79 Å². The van der Waals surface area contributed by atoms with E-state index in [1.807, 2.05) is 0 Å². The van der Waals surface area contributed by atoms with E-state index in [9.17, 15) is 22.8 Å². The van der Waals surface area contributed by atoms with Gasteiger partial charge in [-0.25, -0.2) is 4.79 Å². The molecule has 7 heteroatoms. The highest BCUT2D eigenvalue weighted by Crippen LogP contribution is 2.29. The average Bonchev–Trinajstić information content (AvgIpc) is 2.43. The molecule has 0 bridgehead atoms. The zero-order valence-corrected chi connectivity index (χ0v) is 11.1. The smallest absolute Gasteiger partial charge is 0.416 e. The Morgan fingerprint density at radius 1 is 1.33 bits per heavy atom. The van der Waals surface area contributed by atoms with Crippen molar-refractivity contribution in [3.63, 3.8) is 0 Å². The van der Waals surface area contributed by atoms with Gasteiger partial charge >= 0.3 is 18.1 Å². The van der Waals surface area contributed by atoms with Gasteiger partial charge in [0.05, 0.1) is 18.7 Å². The van der Waals surface area contributed by atoms with Crippen molar-refractivity contribution < 1.29 is 27.5 Å². The van der Waals surface area contributed by atoms with Crippen LogP contribution in [0, 0.1) is 11.8 Å². The SMILES string of the molecule is CCOC(=O)C(=O)NCC#Cc1cccc(C(F)(F)F)c1. The van der Waals surface area contributed by atoms with Crippen molar-refractivity contribution in [1.29, 1.82) is 0 Å². The van der Waals surface area contributed by atoms with E-state index in [0.29, 0.717) is 0 Å². The zero-order valence-electron chi connectivity index (χ0n) is 11.1. The molecular formula is C14H12F3NO3. The molecule has 0 atom stereocenters. The molecule has 0 aromatic heterocycles. The second-order valence-corrected chi connectivity index (χ2v) is 3.78. The maximum atomic E-state index is 12.5. The molecule has 0 saturated heterocycles. The topological polar surface area (TPSA) is 55.4 Å². The van der Waals surface area contributed by atoms with Crippen molar-refractivity contribution in [1.82, 2.24) is 5.32 Å². The Bertz CT molecular complexity index is 585. The number of benzene rings is 1. The largest absolute Gasteiger partial charge is 0.459 e. The van der Waals surface area contributed by atoms with Crippen molar-refractivity contribution in [2.75, 3.05) is 13.2 Å². The van der Waals surface area contributed by atoms with Gasteiger partial charge in [-0.15, -0.1) is 0 Å². The first-order chi connectivity index (χ1) is 9.84. The molecule has 1 rings (SSSR count). The Balaban J connectivity index is 2.60. The lowest BCUT2D eigenvalue weighted by atomic mass is 10.1. The van der Waals surface area contributed by atoms with Gasteiger partial charge in [0.25, 0.3) is 0 Å². The predicted octanol–water partition coefficient (Wildman–Crippen LogP) is 1.74. The van der Waals surface area contributed by atoms with E-state index in [1.54, 1.807) is 6.92 Å². The number of carbonyl (C=O) groups is 2. The molecule has 0 saturated carbocycles. The number of halogens is 3. The third kappa shape index (κ3) is 5.57. The van der Waals surface area contributed by atoms with E-state index in [0.717, 1.165) is 12.1 Å². The van der Waals surface area contributed by atoms with Crippen LogP contribution in [0.25, 0.3) is 0 Å². The number of esters is 1. The van der Waals surface area contributed by atoms with Gasteiger partial charge in [-0.2, -0.15) is 13.2 Å². The van der Waals surface area contributed by atoms with Crippen LogP contribution in [0.3, 0.4) is 0 Å². The monoisotopic (exact) mass is 299 g/mol. The van der Waals surface area contributed by atoms with Crippen molar-refractivity contribution in [2.24, 2.45) is 0 Å². The highest BCUT2D eigenvalue weighted by atomic mass is 19.4. The van der Waals surface area contributed by atoms with Crippen molar-refractivity contribution in [2.45, 2.75) is 13.1 Å². The Morgan fingerprint density at radius 3 is 2.67 bits per heavy atom. The Morgan fingerprint density at radius 2 is 2.05 bits per heavy atom. The summed E-state index contributed by atoms with van der Waals surface area (Å²) >= 11 is 0. The molecule has 1 aromatic carbocycles. The van der Waals surface area contributed by atoms with Crippen LogP contribution < -0.4 is 5.32 Å². The van der Waals surface area contributed by atoms with E-state index >= 15 is 0 Å². The molecule has 1 N–H and O–H groups in total. The molecule has 0 aliphatic rings. The zero-order chi connectivity index (χ0) is 15.9. The van der Waals surface area contributed by atoms with E-state index in [-0.39, 0.29) is 18.7 Å².